The van der Waals surface area contributed by atoms with Crippen LogP contribution in [0.3, 0.4) is 0 Å². The van der Waals surface area contributed by atoms with Gasteiger partial charge in [0.25, 0.3) is 0 Å². The first-order chi connectivity index (χ1) is 7.18. The highest BCUT2D eigenvalue weighted by Gasteiger charge is 2.03. The number of aromatic nitrogens is 1. The second-order valence-corrected chi connectivity index (χ2v) is 3.10. The molecule has 0 atom stereocenters. The molecule has 0 bridgehead atoms. The number of pyridine rings is 1. The number of hydrogen-bond acceptors (Lipinski definition) is 3. The fourth-order valence-electron chi connectivity index (χ4n) is 1.03. The SMILES string of the molecule is NC(=O)CCC(=O)NCc1ccncc1. The van der Waals surface area contributed by atoms with Crippen LogP contribution in [0.25, 0.3) is 0 Å². The summed E-state index contributed by atoms with van der Waals surface area (Å²) in [5.41, 5.74) is 5.89. The summed E-state index contributed by atoms with van der Waals surface area (Å²) in [6.45, 7) is 0.445. The van der Waals surface area contributed by atoms with Crippen LogP contribution < -0.4 is 11.1 Å². The number of primary amides is 1. The third kappa shape index (κ3) is 4.75. The van der Waals surface area contributed by atoms with Gasteiger partial charge in [-0.3, -0.25) is 14.6 Å². The Bertz CT molecular complexity index is 338. The maximum Gasteiger partial charge on any atom is 0.220 e. The normalized spacial score (nSPS) is 9.60. The molecule has 0 unspecified atom stereocenters. The minimum absolute atomic E-state index is 0.0855. The first kappa shape index (κ1) is 11.2. The number of carbonyl (C=O) groups excluding carboxylic acids is 2. The van der Waals surface area contributed by atoms with Crippen molar-refractivity contribution in [3.05, 3.63) is 30.1 Å². The fraction of sp³-hybridized carbons (Fsp3) is 0.300. The number of amides is 2. The number of rotatable bonds is 5. The Hall–Kier alpha value is -1.91. The van der Waals surface area contributed by atoms with Crippen LogP contribution in [0.2, 0.25) is 0 Å². The molecule has 1 aromatic heterocycles. The van der Waals surface area contributed by atoms with Gasteiger partial charge >= 0.3 is 0 Å². The van der Waals surface area contributed by atoms with Gasteiger partial charge in [0.05, 0.1) is 0 Å². The summed E-state index contributed by atoms with van der Waals surface area (Å²) < 4.78 is 0. The van der Waals surface area contributed by atoms with Crippen LogP contribution in [0, 0.1) is 0 Å². The Labute approximate surface area is 87.7 Å². The van der Waals surface area contributed by atoms with E-state index in [1.54, 1.807) is 12.4 Å². The maximum absolute atomic E-state index is 11.2. The van der Waals surface area contributed by atoms with Crippen molar-refractivity contribution in [2.75, 3.05) is 0 Å². The zero-order chi connectivity index (χ0) is 11.1. The van der Waals surface area contributed by atoms with Crippen LogP contribution in [0.15, 0.2) is 24.5 Å². The van der Waals surface area contributed by atoms with Crippen LogP contribution in [0.4, 0.5) is 0 Å². The first-order valence-electron chi connectivity index (χ1n) is 4.62. The van der Waals surface area contributed by atoms with E-state index in [2.05, 4.69) is 10.3 Å². The highest BCUT2D eigenvalue weighted by atomic mass is 16.2. The Morgan fingerprint density at radius 3 is 2.53 bits per heavy atom. The Morgan fingerprint density at radius 2 is 1.93 bits per heavy atom. The molecule has 0 fully saturated rings. The van der Waals surface area contributed by atoms with Crippen LogP contribution >= 0.6 is 0 Å². The quantitative estimate of drug-likeness (QED) is 0.710. The first-order valence-corrected chi connectivity index (χ1v) is 4.62. The zero-order valence-corrected chi connectivity index (χ0v) is 8.27. The van der Waals surface area contributed by atoms with Crippen LogP contribution in [-0.4, -0.2) is 16.8 Å². The Kier molecular flexibility index (Phi) is 4.28. The molecule has 0 radical (unpaired) electrons. The summed E-state index contributed by atoms with van der Waals surface area (Å²) in [6.07, 6.45) is 3.54. The molecule has 5 heteroatoms. The molecule has 0 aliphatic rings. The summed E-state index contributed by atoms with van der Waals surface area (Å²) in [7, 11) is 0. The number of nitrogens with one attached hydrogen (secondary N) is 1. The van der Waals surface area contributed by atoms with E-state index in [1.165, 1.54) is 0 Å². The van der Waals surface area contributed by atoms with Gasteiger partial charge in [-0.1, -0.05) is 0 Å². The monoisotopic (exact) mass is 207 g/mol. The molecule has 0 aliphatic carbocycles. The second-order valence-electron chi connectivity index (χ2n) is 3.10. The van der Waals surface area contributed by atoms with E-state index in [4.69, 9.17) is 5.73 Å². The van der Waals surface area contributed by atoms with Crippen molar-refractivity contribution in [2.45, 2.75) is 19.4 Å². The lowest BCUT2D eigenvalue weighted by molar-refractivity contribution is -0.125. The molecule has 80 valence electrons. The zero-order valence-electron chi connectivity index (χ0n) is 8.27. The average Bonchev–Trinajstić information content (AvgIpc) is 2.25. The molecule has 0 saturated heterocycles. The second kappa shape index (κ2) is 5.74. The molecule has 0 aromatic carbocycles. The number of carbonyl (C=O) groups is 2. The minimum atomic E-state index is -0.464. The smallest absolute Gasteiger partial charge is 0.220 e. The Morgan fingerprint density at radius 1 is 1.27 bits per heavy atom. The van der Waals surface area contributed by atoms with Gasteiger partial charge in [-0.25, -0.2) is 0 Å². The maximum atomic E-state index is 11.2. The van der Waals surface area contributed by atoms with E-state index < -0.39 is 5.91 Å². The van der Waals surface area contributed by atoms with Crippen molar-refractivity contribution in [1.29, 1.82) is 0 Å². The van der Waals surface area contributed by atoms with Gasteiger partial charge < -0.3 is 11.1 Å². The van der Waals surface area contributed by atoms with Gasteiger partial charge in [0.15, 0.2) is 0 Å². The molecule has 1 rings (SSSR count). The highest BCUT2D eigenvalue weighted by Crippen LogP contribution is 1.95. The third-order valence-electron chi connectivity index (χ3n) is 1.84. The molecular formula is C10H13N3O2. The van der Waals surface area contributed by atoms with E-state index in [0.717, 1.165) is 5.56 Å². The standard InChI is InChI=1S/C10H13N3O2/c11-9(14)1-2-10(15)13-7-8-3-5-12-6-4-8/h3-6H,1-2,7H2,(H2,11,14)(H,13,15). The molecule has 15 heavy (non-hydrogen) atoms. The number of nitrogens with two attached hydrogens (primary N) is 1. The van der Waals surface area contributed by atoms with Gasteiger partial charge in [0, 0.05) is 31.8 Å². The number of nitrogens with zero attached hydrogens (tertiary/aromatic N) is 1. The van der Waals surface area contributed by atoms with E-state index in [1.807, 2.05) is 12.1 Å². The molecule has 0 saturated carbocycles. The van der Waals surface area contributed by atoms with Crippen molar-refractivity contribution in [3.8, 4) is 0 Å². The summed E-state index contributed by atoms with van der Waals surface area (Å²) in [5, 5.41) is 2.68. The van der Waals surface area contributed by atoms with Crippen LogP contribution in [0.1, 0.15) is 18.4 Å². The summed E-state index contributed by atoms with van der Waals surface area (Å²) in [4.78, 5) is 25.5. The molecule has 5 nitrogen and oxygen atoms in total. The predicted octanol–water partition coefficient (Wildman–Crippen LogP) is -0.0367. The van der Waals surface area contributed by atoms with Gasteiger partial charge in [0.1, 0.15) is 0 Å². The van der Waals surface area contributed by atoms with Gasteiger partial charge in [-0.05, 0) is 17.7 Å². The molecule has 0 aliphatic heterocycles. The molecule has 1 heterocycles. The Balaban J connectivity index is 2.26. The molecule has 2 amide bonds. The number of hydrogen-bond donors (Lipinski definition) is 2. The van der Waals surface area contributed by atoms with Gasteiger partial charge in [-0.2, -0.15) is 0 Å². The molecule has 0 spiro atoms. The van der Waals surface area contributed by atoms with Gasteiger partial charge in [0.2, 0.25) is 11.8 Å². The van der Waals surface area contributed by atoms with Crippen LogP contribution in [-0.2, 0) is 16.1 Å². The lowest BCUT2D eigenvalue weighted by Crippen LogP contribution is -2.24. The van der Waals surface area contributed by atoms with Gasteiger partial charge in [-0.15, -0.1) is 0 Å². The van der Waals surface area contributed by atoms with E-state index in [9.17, 15) is 9.59 Å². The van der Waals surface area contributed by atoms with Crippen molar-refractivity contribution in [2.24, 2.45) is 5.73 Å². The lowest BCUT2D eigenvalue weighted by Gasteiger charge is -2.03. The minimum Gasteiger partial charge on any atom is -0.370 e. The lowest BCUT2D eigenvalue weighted by atomic mass is 10.2. The summed E-state index contributed by atoms with van der Waals surface area (Å²) >= 11 is 0. The summed E-state index contributed by atoms with van der Waals surface area (Å²) in [5.74, 6) is -0.639. The van der Waals surface area contributed by atoms with Crippen molar-refractivity contribution in [3.63, 3.8) is 0 Å². The van der Waals surface area contributed by atoms with E-state index in [-0.39, 0.29) is 18.7 Å². The van der Waals surface area contributed by atoms with Crippen molar-refractivity contribution in [1.82, 2.24) is 10.3 Å². The van der Waals surface area contributed by atoms with E-state index >= 15 is 0 Å². The van der Waals surface area contributed by atoms with Crippen molar-refractivity contribution >= 4 is 11.8 Å². The largest absolute Gasteiger partial charge is 0.370 e. The van der Waals surface area contributed by atoms with Crippen molar-refractivity contribution < 1.29 is 9.59 Å². The highest BCUT2D eigenvalue weighted by molar-refractivity contribution is 5.82. The van der Waals surface area contributed by atoms with Crippen LogP contribution in [0.5, 0.6) is 0 Å². The summed E-state index contributed by atoms with van der Waals surface area (Å²) in [6, 6.07) is 3.63. The fourth-order valence-corrected chi connectivity index (χ4v) is 1.03. The molecule has 3 N–H and O–H groups in total. The average molecular weight is 207 g/mol. The molecular weight excluding hydrogens is 194 g/mol. The third-order valence-corrected chi connectivity index (χ3v) is 1.84. The molecule has 1 aromatic rings. The predicted molar refractivity (Wildman–Crippen MR) is 54.5 cm³/mol. The van der Waals surface area contributed by atoms with E-state index in [0.29, 0.717) is 6.54 Å². The topological polar surface area (TPSA) is 85.1 Å².